The van der Waals surface area contributed by atoms with Gasteiger partial charge in [-0.25, -0.2) is 4.79 Å². The fraction of sp³-hybridized carbons (Fsp3) is 0.267. The number of nitrogens with one attached hydrogen (secondary N) is 3. The van der Waals surface area contributed by atoms with Gasteiger partial charge >= 0.3 is 11.9 Å². The average molecular weight is 729 g/mol. The fourth-order valence-electron chi connectivity index (χ4n) is 2.04. The molecule has 3 amide bonds. The van der Waals surface area contributed by atoms with E-state index in [4.69, 9.17) is 10.2 Å². The number of carbonyl (C=O) groups excluding carboxylic acids is 3. The van der Waals surface area contributed by atoms with E-state index in [1.807, 2.05) is 67.8 Å². The Labute approximate surface area is 200 Å². The van der Waals surface area contributed by atoms with Crippen molar-refractivity contribution in [1.29, 1.82) is 0 Å². The van der Waals surface area contributed by atoms with Gasteiger partial charge in [-0.2, -0.15) is 0 Å². The number of rotatable bonds is 7. The zero-order valence-electron chi connectivity index (χ0n) is 14.4. The van der Waals surface area contributed by atoms with Crippen molar-refractivity contribution >= 4 is 109 Å². The van der Waals surface area contributed by atoms with Crippen LogP contribution in [0.1, 0.15) is 30.6 Å². The van der Waals surface area contributed by atoms with Crippen LogP contribution in [0.15, 0.2) is 0 Å². The largest absolute Gasteiger partial charge is 0.481 e. The number of hydrogen-bond donors (Lipinski definition) is 5. The monoisotopic (exact) mass is 729 g/mol. The maximum Gasteiger partial charge on any atom is 0.326 e. The number of carbonyl (C=O) groups is 5. The summed E-state index contributed by atoms with van der Waals surface area (Å²) in [4.78, 5) is 58.0. The zero-order chi connectivity index (χ0) is 21.8. The second kappa shape index (κ2) is 10.5. The SMILES string of the molecule is CC(=O)Nc1c(I)c(NC(C)=O)c(I)c(C(=O)NC(CC(=O)O)C(=O)O)c1I. The number of hydrogen-bond acceptors (Lipinski definition) is 5. The summed E-state index contributed by atoms with van der Waals surface area (Å²) in [6, 6.07) is -1.65. The third-order valence-corrected chi connectivity index (χ3v) is 6.36. The molecule has 0 heterocycles. The quantitative estimate of drug-likeness (QED) is 0.269. The van der Waals surface area contributed by atoms with Crippen LogP contribution in [0.3, 0.4) is 0 Å². The lowest BCUT2D eigenvalue weighted by atomic mass is 10.1. The molecular weight excluding hydrogens is 715 g/mol. The van der Waals surface area contributed by atoms with Gasteiger partial charge in [0.25, 0.3) is 5.91 Å². The van der Waals surface area contributed by atoms with Gasteiger partial charge in [0.15, 0.2) is 0 Å². The molecule has 1 aromatic rings. The van der Waals surface area contributed by atoms with Gasteiger partial charge in [-0.1, -0.05) is 0 Å². The molecule has 5 N–H and O–H groups in total. The number of halogens is 3. The number of benzene rings is 1. The van der Waals surface area contributed by atoms with Crippen LogP contribution in [0, 0.1) is 10.7 Å². The van der Waals surface area contributed by atoms with Crippen LogP contribution in [0.2, 0.25) is 0 Å². The highest BCUT2D eigenvalue weighted by molar-refractivity contribution is 14.1. The normalized spacial score (nSPS) is 11.3. The Morgan fingerprint density at radius 1 is 0.857 bits per heavy atom. The van der Waals surface area contributed by atoms with Gasteiger partial charge in [0, 0.05) is 13.8 Å². The van der Waals surface area contributed by atoms with Gasteiger partial charge in [-0.05, 0) is 67.8 Å². The summed E-state index contributed by atoms with van der Waals surface area (Å²) in [5.41, 5.74) is 0.548. The minimum Gasteiger partial charge on any atom is -0.481 e. The molecule has 1 aromatic carbocycles. The molecule has 13 heteroatoms. The van der Waals surface area contributed by atoms with E-state index < -0.39 is 42.1 Å². The lowest BCUT2D eigenvalue weighted by Crippen LogP contribution is -2.43. The molecule has 0 saturated carbocycles. The van der Waals surface area contributed by atoms with Crippen LogP contribution >= 0.6 is 67.8 Å². The van der Waals surface area contributed by atoms with Crippen molar-refractivity contribution in [2.24, 2.45) is 0 Å². The summed E-state index contributed by atoms with van der Waals surface area (Å²) < 4.78 is 1.11. The number of amides is 3. The Morgan fingerprint density at radius 2 is 1.29 bits per heavy atom. The van der Waals surface area contributed by atoms with E-state index >= 15 is 0 Å². The molecule has 0 aliphatic carbocycles. The molecule has 1 unspecified atom stereocenters. The van der Waals surface area contributed by atoms with Crippen molar-refractivity contribution in [2.75, 3.05) is 10.6 Å². The van der Waals surface area contributed by atoms with Gasteiger partial charge in [-0.15, -0.1) is 0 Å². The first-order valence-corrected chi connectivity index (χ1v) is 10.6. The van der Waals surface area contributed by atoms with Gasteiger partial charge < -0.3 is 26.2 Å². The molecule has 0 aromatic heterocycles. The number of anilines is 2. The number of aliphatic carboxylic acids is 2. The predicted octanol–water partition coefficient (Wildman–Crippen LogP) is 2.07. The Morgan fingerprint density at radius 3 is 1.61 bits per heavy atom. The van der Waals surface area contributed by atoms with E-state index in [1.54, 1.807) is 0 Å². The summed E-state index contributed by atoms with van der Waals surface area (Å²) in [6.07, 6.45) is -0.810. The smallest absolute Gasteiger partial charge is 0.326 e. The number of carboxylic acids is 2. The van der Waals surface area contributed by atoms with Crippen LogP contribution in [0.4, 0.5) is 11.4 Å². The van der Waals surface area contributed by atoms with Gasteiger partial charge in [0.1, 0.15) is 6.04 Å². The average Bonchev–Trinajstić information content (AvgIpc) is 2.54. The molecule has 0 radical (unpaired) electrons. The Bertz CT molecular complexity index is 830. The summed E-state index contributed by atoms with van der Waals surface area (Å²) in [5.74, 6) is -4.57. The lowest BCUT2D eigenvalue weighted by molar-refractivity contribution is -0.145. The number of carboxylic acid groups (broad SMARTS) is 2. The molecule has 152 valence electrons. The first-order valence-electron chi connectivity index (χ1n) is 7.37. The van der Waals surface area contributed by atoms with Gasteiger partial charge in [0.05, 0.1) is 34.1 Å². The lowest BCUT2D eigenvalue weighted by Gasteiger charge is -2.20. The maximum absolute atomic E-state index is 12.8. The molecule has 0 bridgehead atoms. The van der Waals surface area contributed by atoms with Crippen molar-refractivity contribution < 1.29 is 34.2 Å². The molecule has 0 aliphatic heterocycles. The summed E-state index contributed by atoms with van der Waals surface area (Å²) >= 11 is 5.55. The van der Waals surface area contributed by atoms with Crippen molar-refractivity contribution in [3.05, 3.63) is 16.3 Å². The molecule has 1 rings (SSSR count). The van der Waals surface area contributed by atoms with Crippen molar-refractivity contribution in [3.63, 3.8) is 0 Å². The maximum atomic E-state index is 12.8. The van der Waals surface area contributed by atoms with Crippen molar-refractivity contribution in [1.82, 2.24) is 5.32 Å². The second-order valence-electron chi connectivity index (χ2n) is 5.39. The highest BCUT2D eigenvalue weighted by Crippen LogP contribution is 2.39. The Kier molecular flexibility index (Phi) is 9.31. The third kappa shape index (κ3) is 6.39. The Hall–Kier alpha value is -1.24. The van der Waals surface area contributed by atoms with Crippen LogP contribution in [-0.2, 0) is 19.2 Å². The van der Waals surface area contributed by atoms with Crippen LogP contribution in [0.5, 0.6) is 0 Å². The molecule has 0 fully saturated rings. The second-order valence-corrected chi connectivity index (χ2v) is 8.63. The molecular formula is C15H14I3N3O7. The molecule has 10 nitrogen and oxygen atoms in total. The third-order valence-electron chi connectivity index (χ3n) is 3.13. The van der Waals surface area contributed by atoms with Crippen LogP contribution < -0.4 is 16.0 Å². The van der Waals surface area contributed by atoms with Crippen molar-refractivity contribution in [3.8, 4) is 0 Å². The standard InChI is InChI=1S/C15H14I3N3O7/c1-4(22)19-12-9(16)8(10(17)13(11(12)18)20-5(2)23)14(26)21-6(15(27)28)3-7(24)25/h6H,3H2,1-2H3,(H,19,22)(H,20,23)(H,21,26)(H,24,25)(H,27,28). The molecule has 1 atom stereocenters. The van der Waals surface area contributed by atoms with E-state index in [2.05, 4.69) is 16.0 Å². The topological polar surface area (TPSA) is 162 Å². The zero-order valence-corrected chi connectivity index (χ0v) is 20.8. The first-order chi connectivity index (χ1) is 12.9. The van der Waals surface area contributed by atoms with Gasteiger partial charge in [-0.3, -0.25) is 19.2 Å². The van der Waals surface area contributed by atoms with Crippen LogP contribution in [0.25, 0.3) is 0 Å². The van der Waals surface area contributed by atoms with Crippen molar-refractivity contribution in [2.45, 2.75) is 26.3 Å². The predicted molar refractivity (Wildman–Crippen MR) is 124 cm³/mol. The van der Waals surface area contributed by atoms with E-state index in [-0.39, 0.29) is 16.9 Å². The van der Waals surface area contributed by atoms with E-state index in [0.29, 0.717) is 10.7 Å². The molecule has 0 saturated heterocycles. The first kappa shape index (κ1) is 24.8. The summed E-state index contributed by atoms with van der Waals surface area (Å²) in [5, 5.41) is 25.3. The highest BCUT2D eigenvalue weighted by Gasteiger charge is 2.29. The van der Waals surface area contributed by atoms with Gasteiger partial charge in [0.2, 0.25) is 11.8 Å². The van der Waals surface area contributed by atoms with E-state index in [9.17, 15) is 24.0 Å². The summed E-state index contributed by atoms with van der Waals surface area (Å²) in [6.45, 7) is 2.55. The minimum atomic E-state index is -1.65. The van der Waals surface area contributed by atoms with E-state index in [1.165, 1.54) is 13.8 Å². The minimum absolute atomic E-state index is 0.00533. The molecule has 0 spiro atoms. The molecule has 28 heavy (non-hydrogen) atoms. The van der Waals surface area contributed by atoms with E-state index in [0.717, 1.165) is 0 Å². The highest BCUT2D eigenvalue weighted by atomic mass is 127. The Balaban J connectivity index is 3.56. The van der Waals surface area contributed by atoms with Crippen LogP contribution in [-0.4, -0.2) is 45.9 Å². The summed E-state index contributed by atoms with van der Waals surface area (Å²) in [7, 11) is 0. The fourth-order valence-corrected chi connectivity index (χ4v) is 6.24. The molecule has 0 aliphatic rings.